The maximum absolute atomic E-state index is 12.4. The average Bonchev–Trinajstić information content (AvgIpc) is 2.91. The van der Waals surface area contributed by atoms with E-state index in [2.05, 4.69) is 25.4 Å². The summed E-state index contributed by atoms with van der Waals surface area (Å²) < 4.78 is 5.48. The second kappa shape index (κ2) is 19.1. The molecule has 1 aromatic rings. The first-order chi connectivity index (χ1) is 18.4. The molecule has 0 aromatic heterocycles. The zero-order valence-electron chi connectivity index (χ0n) is 25.1. The Morgan fingerprint density at radius 1 is 1.13 bits per heavy atom. The zero-order valence-corrected chi connectivity index (χ0v) is 25.8. The van der Waals surface area contributed by atoms with E-state index in [-0.39, 0.29) is 5.92 Å². The molecule has 0 spiro atoms. The molecule has 0 aliphatic heterocycles. The Balaban J connectivity index is 0.000000996. The van der Waals surface area contributed by atoms with Crippen LogP contribution in [0, 0.1) is 11.8 Å². The Labute approximate surface area is 241 Å². The van der Waals surface area contributed by atoms with Gasteiger partial charge in [0.1, 0.15) is 6.10 Å². The molecule has 0 heterocycles. The number of nitrogens with one attached hydrogen (secondary N) is 1. The van der Waals surface area contributed by atoms with Crippen LogP contribution < -0.4 is 5.32 Å². The van der Waals surface area contributed by atoms with Crippen molar-refractivity contribution in [3.63, 3.8) is 0 Å². The van der Waals surface area contributed by atoms with Crippen LogP contribution in [0.25, 0.3) is 0 Å². The van der Waals surface area contributed by atoms with Crippen LogP contribution in [0.2, 0.25) is 5.02 Å². The molecule has 0 saturated heterocycles. The van der Waals surface area contributed by atoms with Gasteiger partial charge in [0.2, 0.25) is 0 Å². The van der Waals surface area contributed by atoms with Crippen molar-refractivity contribution in [3.05, 3.63) is 94.2 Å². The molecule has 2 N–H and O–H groups in total. The summed E-state index contributed by atoms with van der Waals surface area (Å²) in [6.07, 6.45) is 8.92. The van der Waals surface area contributed by atoms with Gasteiger partial charge in [0.25, 0.3) is 0 Å². The number of ether oxygens (including phenoxy) is 1. The third-order valence-electron chi connectivity index (χ3n) is 6.43. The van der Waals surface area contributed by atoms with Crippen LogP contribution in [0.3, 0.4) is 0 Å². The number of carbonyl (C=O) groups is 2. The maximum Gasteiger partial charge on any atom is 0.412 e. The number of allylic oxidation sites excluding steroid dienone is 7. The molecule has 1 amide bonds. The average molecular weight is 558 g/mol. The molecule has 216 valence electrons. The molecule has 2 unspecified atom stereocenters. The van der Waals surface area contributed by atoms with Crippen LogP contribution in [-0.2, 0) is 9.53 Å². The summed E-state index contributed by atoms with van der Waals surface area (Å²) in [5, 5.41) is 12.0. The highest BCUT2D eigenvalue weighted by Gasteiger charge is 2.24. The Bertz CT molecular complexity index is 1070. The summed E-state index contributed by atoms with van der Waals surface area (Å²) in [5.74, 6) is -0.0369. The van der Waals surface area contributed by atoms with Gasteiger partial charge in [-0.1, -0.05) is 100 Å². The SMILES string of the molecule is C=C(/C=C\C(C)=C/C)/C(C)=C(\NC(=O)OC(C)c1ccccc1Cl)C(=C)C.CC.C[C@H]1CCCC(C(=O)O)C1. The minimum absolute atomic E-state index is 0.0521. The lowest BCUT2D eigenvalue weighted by molar-refractivity contribution is -0.143. The topological polar surface area (TPSA) is 75.6 Å². The predicted molar refractivity (Wildman–Crippen MR) is 165 cm³/mol. The normalized spacial score (nSPS) is 18.3. The van der Waals surface area contributed by atoms with Crippen molar-refractivity contribution in [2.45, 2.75) is 87.2 Å². The predicted octanol–water partition coefficient (Wildman–Crippen LogP) is 9.98. The summed E-state index contributed by atoms with van der Waals surface area (Å²) in [6, 6.07) is 7.28. The standard InChI is InChI=1S/C23H28ClNO2.C8H14O2.C2H6/c1-8-16(4)13-14-17(5)18(6)22(15(2)3)25-23(26)27-19(7)20-11-9-10-12-21(20)24;1-6-3-2-4-7(5-6)8(9)10;1-2/h8-14,19H,2,5H2,1,3-4,6-7H3,(H,25,26);6-7H,2-5H2,1H3,(H,9,10);1-2H3/b14-13-,16-8-,22-18-;;/t;6-,7?;/m.0./s1. The van der Waals surface area contributed by atoms with Crippen molar-refractivity contribution in [3.8, 4) is 0 Å². The van der Waals surface area contributed by atoms with Crippen LogP contribution in [-0.4, -0.2) is 17.2 Å². The van der Waals surface area contributed by atoms with E-state index in [9.17, 15) is 9.59 Å². The van der Waals surface area contributed by atoms with Crippen molar-refractivity contribution >= 4 is 23.7 Å². The third kappa shape index (κ3) is 13.5. The van der Waals surface area contributed by atoms with Gasteiger partial charge in [-0.15, -0.1) is 0 Å². The van der Waals surface area contributed by atoms with Gasteiger partial charge in [-0.2, -0.15) is 0 Å². The largest absolute Gasteiger partial charge is 0.481 e. The highest BCUT2D eigenvalue weighted by Crippen LogP contribution is 2.28. The summed E-state index contributed by atoms with van der Waals surface area (Å²) in [4.78, 5) is 22.9. The van der Waals surface area contributed by atoms with E-state index in [1.807, 2.05) is 78.0 Å². The van der Waals surface area contributed by atoms with Crippen LogP contribution in [0.4, 0.5) is 4.79 Å². The van der Waals surface area contributed by atoms with Crippen LogP contribution in [0.1, 0.15) is 92.7 Å². The number of alkyl carbamates (subject to hydrolysis) is 1. The number of aliphatic carboxylic acids is 1. The zero-order chi connectivity index (χ0) is 30.1. The van der Waals surface area contributed by atoms with Crippen LogP contribution in [0.5, 0.6) is 0 Å². The first-order valence-corrected chi connectivity index (χ1v) is 14.1. The summed E-state index contributed by atoms with van der Waals surface area (Å²) in [6.45, 7) is 23.6. The van der Waals surface area contributed by atoms with Gasteiger partial charge in [0.05, 0.1) is 5.92 Å². The lowest BCUT2D eigenvalue weighted by atomic mass is 9.83. The van der Waals surface area contributed by atoms with Crippen LogP contribution in [0.15, 0.2) is 83.6 Å². The smallest absolute Gasteiger partial charge is 0.412 e. The molecule has 5 nitrogen and oxygen atoms in total. The van der Waals surface area contributed by atoms with Crippen molar-refractivity contribution < 1.29 is 19.4 Å². The lowest BCUT2D eigenvalue weighted by Crippen LogP contribution is -2.26. The molecule has 1 fully saturated rings. The number of hydrogen-bond donors (Lipinski definition) is 2. The molecule has 1 aromatic carbocycles. The Hall–Kier alpha value is -3.05. The van der Waals surface area contributed by atoms with Gasteiger partial charge in [0.15, 0.2) is 0 Å². The van der Waals surface area contributed by atoms with Gasteiger partial charge >= 0.3 is 12.1 Å². The molecule has 6 heteroatoms. The number of amides is 1. The van der Waals surface area contributed by atoms with E-state index in [0.717, 1.165) is 41.5 Å². The fourth-order valence-electron chi connectivity index (χ4n) is 3.95. The second-order valence-corrected chi connectivity index (χ2v) is 10.1. The molecule has 0 bridgehead atoms. The van der Waals surface area contributed by atoms with Gasteiger partial charge in [0, 0.05) is 16.3 Å². The molecule has 1 aliphatic carbocycles. The van der Waals surface area contributed by atoms with Crippen molar-refractivity contribution in [1.82, 2.24) is 5.32 Å². The lowest BCUT2D eigenvalue weighted by Gasteiger charge is -2.22. The third-order valence-corrected chi connectivity index (χ3v) is 6.77. The fourth-order valence-corrected chi connectivity index (χ4v) is 4.24. The monoisotopic (exact) mass is 557 g/mol. The van der Waals surface area contributed by atoms with Crippen molar-refractivity contribution in [1.29, 1.82) is 0 Å². The molecule has 2 rings (SSSR count). The summed E-state index contributed by atoms with van der Waals surface area (Å²) in [5.41, 5.74) is 4.80. The quantitative estimate of drug-likeness (QED) is 0.312. The molecule has 0 radical (unpaired) electrons. The van der Waals surface area contributed by atoms with Crippen molar-refractivity contribution in [2.75, 3.05) is 0 Å². The van der Waals surface area contributed by atoms with E-state index in [0.29, 0.717) is 22.2 Å². The van der Waals surface area contributed by atoms with Crippen LogP contribution >= 0.6 is 11.6 Å². The number of benzene rings is 1. The molecule has 1 saturated carbocycles. The van der Waals surface area contributed by atoms with Gasteiger partial charge in [-0.3, -0.25) is 10.1 Å². The van der Waals surface area contributed by atoms with E-state index in [1.165, 1.54) is 6.42 Å². The first-order valence-electron chi connectivity index (χ1n) is 13.7. The minimum Gasteiger partial charge on any atom is -0.481 e. The Morgan fingerprint density at radius 3 is 2.23 bits per heavy atom. The maximum atomic E-state index is 12.4. The molecule has 3 atom stereocenters. The Morgan fingerprint density at radius 2 is 1.74 bits per heavy atom. The van der Waals surface area contributed by atoms with E-state index in [1.54, 1.807) is 13.0 Å². The highest BCUT2D eigenvalue weighted by molar-refractivity contribution is 6.31. The number of rotatable bonds is 8. The van der Waals surface area contributed by atoms with Crippen molar-refractivity contribution in [2.24, 2.45) is 11.8 Å². The molecular weight excluding hydrogens is 510 g/mol. The number of carboxylic acids is 1. The van der Waals surface area contributed by atoms with Gasteiger partial charge in [-0.05, 0) is 76.2 Å². The molecular formula is C33H48ClNO4. The molecule has 1 aliphatic rings. The highest BCUT2D eigenvalue weighted by atomic mass is 35.5. The number of hydrogen-bond acceptors (Lipinski definition) is 3. The minimum atomic E-state index is -0.605. The van der Waals surface area contributed by atoms with E-state index in [4.69, 9.17) is 21.4 Å². The molecule has 39 heavy (non-hydrogen) atoms. The number of carbonyl (C=O) groups excluding carboxylic acids is 1. The van der Waals surface area contributed by atoms with Gasteiger partial charge < -0.3 is 9.84 Å². The summed E-state index contributed by atoms with van der Waals surface area (Å²) in [7, 11) is 0. The Kier molecular flexibility index (Phi) is 17.6. The summed E-state index contributed by atoms with van der Waals surface area (Å²) >= 11 is 6.16. The first kappa shape index (κ1) is 35.9. The van der Waals surface area contributed by atoms with E-state index < -0.39 is 18.2 Å². The number of carboxylic acid groups (broad SMARTS) is 1. The van der Waals surface area contributed by atoms with Gasteiger partial charge in [-0.25, -0.2) is 4.79 Å². The van der Waals surface area contributed by atoms with E-state index >= 15 is 0 Å². The fraction of sp³-hybridized carbons (Fsp3) is 0.455. The number of halogens is 1. The second-order valence-electron chi connectivity index (χ2n) is 9.67.